The first kappa shape index (κ1) is 25.7. The lowest BCUT2D eigenvalue weighted by molar-refractivity contribution is 0.0378. The third-order valence-corrected chi connectivity index (χ3v) is 6.28. The highest BCUT2D eigenvalue weighted by atomic mass is 16.5. The molecule has 0 radical (unpaired) electrons. The Hall–Kier alpha value is -3.35. The minimum absolute atomic E-state index is 0.00848. The fraction of sp³-hybridized carbons (Fsp3) is 0.542. The molecule has 12 nitrogen and oxygen atoms in total. The van der Waals surface area contributed by atoms with Gasteiger partial charge in [-0.05, 0) is 37.2 Å². The Kier molecular flexibility index (Phi) is 8.28. The molecule has 0 amide bonds. The number of aliphatic hydroxyl groups is 1. The highest BCUT2D eigenvalue weighted by molar-refractivity contribution is 5.74. The second kappa shape index (κ2) is 11.6. The van der Waals surface area contributed by atoms with Crippen LogP contribution in [-0.4, -0.2) is 87.9 Å². The molecule has 1 fully saturated rings. The first-order valence-corrected chi connectivity index (χ1v) is 12.0. The van der Waals surface area contributed by atoms with Crippen LogP contribution in [0.5, 0.6) is 11.5 Å². The summed E-state index contributed by atoms with van der Waals surface area (Å²) >= 11 is 0. The summed E-state index contributed by atoms with van der Waals surface area (Å²) in [5, 5.41) is 14.1. The summed E-state index contributed by atoms with van der Waals surface area (Å²) in [5.41, 5.74) is -0.412. The van der Waals surface area contributed by atoms with Gasteiger partial charge in [0.05, 0.1) is 26.9 Å². The molecule has 12 heteroatoms. The fourth-order valence-corrected chi connectivity index (χ4v) is 4.21. The molecular weight excluding hydrogens is 468 g/mol. The standard InChI is InChI=1S/C24H34N6O6/c1-27-21-20(22(32)28(2)24(27)33)30(15-17(31)16-36-19-7-5-18(34-3)6-8-19)23(26-21)25-9-4-10-29-11-13-35-14-12-29/h5-8,17,31H,4,9-16H2,1-3H3,(H,25,26)/t17-/m0/s1. The van der Waals surface area contributed by atoms with E-state index in [-0.39, 0.29) is 24.3 Å². The van der Waals surface area contributed by atoms with Crippen LogP contribution in [0.2, 0.25) is 0 Å². The highest BCUT2D eigenvalue weighted by Crippen LogP contribution is 2.19. The molecule has 0 saturated carbocycles. The number of nitrogens with zero attached hydrogens (tertiary/aromatic N) is 5. The van der Waals surface area contributed by atoms with Gasteiger partial charge in [0.15, 0.2) is 11.2 Å². The van der Waals surface area contributed by atoms with Crippen molar-refractivity contribution in [2.45, 2.75) is 19.1 Å². The first-order chi connectivity index (χ1) is 17.4. The van der Waals surface area contributed by atoms with Crippen molar-refractivity contribution in [3.63, 3.8) is 0 Å². The van der Waals surface area contributed by atoms with Gasteiger partial charge in [0, 0.05) is 33.7 Å². The van der Waals surface area contributed by atoms with E-state index in [4.69, 9.17) is 14.2 Å². The van der Waals surface area contributed by atoms with Gasteiger partial charge in [-0.3, -0.25) is 18.8 Å². The summed E-state index contributed by atoms with van der Waals surface area (Å²) in [6, 6.07) is 7.05. The third kappa shape index (κ3) is 5.72. The van der Waals surface area contributed by atoms with E-state index < -0.39 is 17.4 Å². The van der Waals surface area contributed by atoms with E-state index in [9.17, 15) is 14.7 Å². The molecule has 1 aliphatic rings. The van der Waals surface area contributed by atoms with Crippen molar-refractivity contribution >= 4 is 17.1 Å². The number of nitrogens with one attached hydrogen (secondary N) is 1. The summed E-state index contributed by atoms with van der Waals surface area (Å²) in [4.78, 5) is 32.4. The SMILES string of the molecule is COc1ccc(OC[C@@H](O)Cn2c(NCCCN3CCOCC3)nc3c2c(=O)n(C)c(=O)n3C)cc1. The predicted molar refractivity (Wildman–Crippen MR) is 135 cm³/mol. The van der Waals surface area contributed by atoms with Crippen molar-refractivity contribution in [3.8, 4) is 11.5 Å². The quantitative estimate of drug-likeness (QED) is 0.349. The molecule has 4 rings (SSSR count). The second-order valence-electron chi connectivity index (χ2n) is 8.80. The Balaban J connectivity index is 1.50. The number of imidazole rings is 1. The molecule has 2 aromatic heterocycles. The number of rotatable bonds is 11. The molecule has 2 N–H and O–H groups in total. The zero-order valence-electron chi connectivity index (χ0n) is 21.0. The van der Waals surface area contributed by atoms with Gasteiger partial charge in [-0.25, -0.2) is 4.79 Å². The zero-order valence-corrected chi connectivity index (χ0v) is 21.0. The normalized spacial score (nSPS) is 15.2. The van der Waals surface area contributed by atoms with Crippen LogP contribution in [0, 0.1) is 0 Å². The average molecular weight is 503 g/mol. The third-order valence-electron chi connectivity index (χ3n) is 6.28. The smallest absolute Gasteiger partial charge is 0.332 e. The van der Waals surface area contributed by atoms with Crippen LogP contribution in [0.4, 0.5) is 5.95 Å². The summed E-state index contributed by atoms with van der Waals surface area (Å²) in [6.45, 7) is 4.92. The number of hydrogen-bond donors (Lipinski definition) is 2. The molecular formula is C24H34N6O6. The van der Waals surface area contributed by atoms with E-state index in [2.05, 4.69) is 15.2 Å². The van der Waals surface area contributed by atoms with E-state index >= 15 is 0 Å². The van der Waals surface area contributed by atoms with Gasteiger partial charge in [0.25, 0.3) is 5.56 Å². The molecule has 1 aliphatic heterocycles. The molecule has 0 aliphatic carbocycles. The number of ether oxygens (including phenoxy) is 3. The monoisotopic (exact) mass is 502 g/mol. The van der Waals surface area contributed by atoms with Crippen molar-refractivity contribution in [3.05, 3.63) is 45.1 Å². The van der Waals surface area contributed by atoms with Crippen molar-refractivity contribution in [1.29, 1.82) is 0 Å². The maximum absolute atomic E-state index is 13.0. The van der Waals surface area contributed by atoms with E-state index in [1.54, 1.807) is 43.0 Å². The molecule has 3 heterocycles. The lowest BCUT2D eigenvalue weighted by Gasteiger charge is -2.26. The summed E-state index contributed by atoms with van der Waals surface area (Å²) in [7, 11) is 4.59. The van der Waals surface area contributed by atoms with Crippen molar-refractivity contribution in [2.75, 3.05) is 58.4 Å². The Morgan fingerprint density at radius 3 is 2.50 bits per heavy atom. The van der Waals surface area contributed by atoms with Crippen LogP contribution in [0.3, 0.4) is 0 Å². The molecule has 0 spiro atoms. The van der Waals surface area contributed by atoms with Crippen LogP contribution < -0.4 is 26.0 Å². The largest absolute Gasteiger partial charge is 0.497 e. The minimum atomic E-state index is -0.930. The summed E-state index contributed by atoms with van der Waals surface area (Å²) in [5.74, 6) is 1.72. The van der Waals surface area contributed by atoms with Crippen LogP contribution >= 0.6 is 0 Å². The van der Waals surface area contributed by atoms with Crippen molar-refractivity contribution in [1.82, 2.24) is 23.6 Å². The second-order valence-corrected chi connectivity index (χ2v) is 8.80. The van der Waals surface area contributed by atoms with Crippen molar-refractivity contribution < 1.29 is 19.3 Å². The number of anilines is 1. The number of fused-ring (bicyclic) bond motifs is 1. The van der Waals surface area contributed by atoms with Gasteiger partial charge in [0.2, 0.25) is 5.95 Å². The van der Waals surface area contributed by atoms with Crippen LogP contribution in [0.15, 0.2) is 33.9 Å². The number of morpholine rings is 1. The van der Waals surface area contributed by atoms with Crippen molar-refractivity contribution in [2.24, 2.45) is 14.1 Å². The van der Waals surface area contributed by atoms with Crippen LogP contribution in [-0.2, 0) is 25.4 Å². The number of benzene rings is 1. The van der Waals surface area contributed by atoms with E-state index in [1.807, 2.05) is 0 Å². The number of hydrogen-bond acceptors (Lipinski definition) is 9. The van der Waals surface area contributed by atoms with Gasteiger partial charge < -0.3 is 29.2 Å². The van der Waals surface area contributed by atoms with Gasteiger partial charge in [-0.15, -0.1) is 0 Å². The van der Waals surface area contributed by atoms with E-state index in [0.717, 1.165) is 43.8 Å². The molecule has 1 saturated heterocycles. The minimum Gasteiger partial charge on any atom is -0.497 e. The molecule has 196 valence electrons. The highest BCUT2D eigenvalue weighted by Gasteiger charge is 2.21. The Morgan fingerprint density at radius 2 is 1.81 bits per heavy atom. The molecule has 36 heavy (non-hydrogen) atoms. The first-order valence-electron chi connectivity index (χ1n) is 12.0. The number of aryl methyl sites for hydroxylation is 1. The van der Waals surface area contributed by atoms with E-state index in [1.165, 1.54) is 11.6 Å². The lowest BCUT2D eigenvalue weighted by atomic mass is 10.3. The fourth-order valence-electron chi connectivity index (χ4n) is 4.21. The molecule has 0 bridgehead atoms. The topological polar surface area (TPSA) is 125 Å². The summed E-state index contributed by atoms with van der Waals surface area (Å²) < 4.78 is 20.3. The molecule has 0 unspecified atom stereocenters. The predicted octanol–water partition coefficient (Wildman–Crippen LogP) is 0.0164. The Labute approximate surface area is 208 Å². The average Bonchev–Trinajstić information content (AvgIpc) is 3.26. The number of aromatic nitrogens is 4. The van der Waals surface area contributed by atoms with Crippen LogP contribution in [0.25, 0.3) is 11.2 Å². The molecule has 3 aromatic rings. The number of aliphatic hydroxyl groups excluding tert-OH is 1. The maximum atomic E-state index is 13.0. The summed E-state index contributed by atoms with van der Waals surface area (Å²) in [6.07, 6.45) is -0.0659. The van der Waals surface area contributed by atoms with Gasteiger partial charge in [-0.2, -0.15) is 4.98 Å². The maximum Gasteiger partial charge on any atom is 0.332 e. The van der Waals surface area contributed by atoms with Gasteiger partial charge >= 0.3 is 5.69 Å². The molecule has 1 aromatic carbocycles. The zero-order chi connectivity index (χ0) is 25.7. The lowest BCUT2D eigenvalue weighted by Crippen LogP contribution is -2.38. The van der Waals surface area contributed by atoms with Gasteiger partial charge in [-0.1, -0.05) is 0 Å². The Morgan fingerprint density at radius 1 is 1.11 bits per heavy atom. The van der Waals surface area contributed by atoms with Crippen LogP contribution in [0.1, 0.15) is 6.42 Å². The molecule has 1 atom stereocenters. The van der Waals surface area contributed by atoms with E-state index in [0.29, 0.717) is 24.0 Å². The van der Waals surface area contributed by atoms with Gasteiger partial charge in [0.1, 0.15) is 24.2 Å². The Bertz CT molecular complexity index is 1280. The number of methoxy groups -OCH3 is 1.